The Balaban J connectivity index is 1.90. The highest BCUT2D eigenvalue weighted by Gasteiger charge is 2.33. The fraction of sp³-hybridized carbons (Fsp3) is 0.381. The largest absolute Gasteiger partial charge is 0.490 e. The van der Waals surface area contributed by atoms with Crippen LogP contribution in [0.1, 0.15) is 37.8 Å². The molecule has 1 aliphatic heterocycles. The molecule has 9 nitrogen and oxygen atoms in total. The summed E-state index contributed by atoms with van der Waals surface area (Å²) in [6.07, 6.45) is 1.53. The molecule has 0 spiro atoms. The Bertz CT molecular complexity index is 1070. The van der Waals surface area contributed by atoms with Crippen LogP contribution >= 0.6 is 23.1 Å². The number of nitrogens with zero attached hydrogens (tertiary/aromatic N) is 4. The van der Waals surface area contributed by atoms with Gasteiger partial charge in [-0.25, -0.2) is 4.79 Å². The second kappa shape index (κ2) is 10.6. The molecule has 3 rings (SSSR count). The molecule has 170 valence electrons. The van der Waals surface area contributed by atoms with Crippen molar-refractivity contribution in [1.82, 2.24) is 15.1 Å². The van der Waals surface area contributed by atoms with Gasteiger partial charge in [0, 0.05) is 6.54 Å². The summed E-state index contributed by atoms with van der Waals surface area (Å²) in [4.78, 5) is 30.8. The summed E-state index contributed by atoms with van der Waals surface area (Å²) in [7, 11) is 0. The zero-order valence-electron chi connectivity index (χ0n) is 18.2. The van der Waals surface area contributed by atoms with E-state index in [0.29, 0.717) is 39.9 Å². The highest BCUT2D eigenvalue weighted by atomic mass is 32.2. The van der Waals surface area contributed by atoms with E-state index < -0.39 is 12.1 Å². The average Bonchev–Trinajstić information content (AvgIpc) is 3.28. The molecule has 1 N–H and O–H groups in total. The summed E-state index contributed by atoms with van der Waals surface area (Å²) in [5.41, 5.74) is 0.726. The van der Waals surface area contributed by atoms with E-state index in [0.717, 1.165) is 17.0 Å². The van der Waals surface area contributed by atoms with Gasteiger partial charge in [-0.15, -0.1) is 10.2 Å². The second-order valence-electron chi connectivity index (χ2n) is 6.80. The molecule has 1 atom stereocenters. The molecule has 2 heterocycles. The highest BCUT2D eigenvalue weighted by molar-refractivity contribution is 8.18. The molecule has 0 bridgehead atoms. The lowest BCUT2D eigenvalue weighted by atomic mass is 10.1. The lowest BCUT2D eigenvalue weighted by molar-refractivity contribution is -0.144. The molecule has 1 aliphatic rings. The van der Waals surface area contributed by atoms with Crippen LogP contribution in [-0.2, 0) is 9.59 Å². The van der Waals surface area contributed by atoms with Crippen molar-refractivity contribution in [2.75, 3.05) is 13.2 Å². The first-order valence-corrected chi connectivity index (χ1v) is 11.7. The lowest BCUT2D eigenvalue weighted by Crippen LogP contribution is -2.29. The van der Waals surface area contributed by atoms with Crippen LogP contribution in [0, 0.1) is 6.92 Å². The minimum absolute atomic E-state index is 0.130. The van der Waals surface area contributed by atoms with Gasteiger partial charge in [0.15, 0.2) is 22.8 Å². The van der Waals surface area contributed by atoms with E-state index in [2.05, 4.69) is 15.2 Å². The summed E-state index contributed by atoms with van der Waals surface area (Å²) >= 11 is 2.64. The summed E-state index contributed by atoms with van der Waals surface area (Å²) in [5.74, 6) is -0.459. The number of ether oxygens (including phenoxy) is 2. The van der Waals surface area contributed by atoms with Crippen LogP contribution in [0.5, 0.6) is 11.5 Å². The number of hydrogen-bond acceptors (Lipinski definition) is 9. The first kappa shape index (κ1) is 23.7. The standard InChI is InChI=1S/C21H24N4O5S2/c1-5-9-25-18(26)17(32-21(25)22-20-24-23-13(4)31-20)11-14-7-8-15(16(10-14)29-6-2)30-12(3)19(27)28/h7-8,10-12H,5-6,9H2,1-4H3,(H,27,28)/b17-11+,22-21+. The number of aliphatic imine (C=N–C) groups is 1. The number of carboxylic acids is 1. The molecule has 1 aromatic heterocycles. The Labute approximate surface area is 194 Å². The third-order valence-corrected chi connectivity index (χ3v) is 6.00. The summed E-state index contributed by atoms with van der Waals surface area (Å²) in [6.45, 7) is 8.05. The molecule has 0 aliphatic carbocycles. The number of aromatic nitrogens is 2. The third-order valence-electron chi connectivity index (χ3n) is 4.26. The first-order valence-electron chi connectivity index (χ1n) is 10.1. The quantitative estimate of drug-likeness (QED) is 0.538. The lowest BCUT2D eigenvalue weighted by Gasteiger charge is -2.15. The second-order valence-corrected chi connectivity index (χ2v) is 8.97. The minimum atomic E-state index is -1.07. The van der Waals surface area contributed by atoms with Crippen molar-refractivity contribution in [2.45, 2.75) is 40.2 Å². The fourth-order valence-corrected chi connectivity index (χ4v) is 4.42. The number of aryl methyl sites for hydroxylation is 1. The smallest absolute Gasteiger partial charge is 0.344 e. The Morgan fingerprint density at radius 1 is 1.31 bits per heavy atom. The number of carbonyl (C=O) groups is 2. The number of amides is 1. The highest BCUT2D eigenvalue weighted by Crippen LogP contribution is 2.36. The van der Waals surface area contributed by atoms with E-state index in [1.807, 2.05) is 20.8 Å². The maximum Gasteiger partial charge on any atom is 0.344 e. The number of thioether (sulfide) groups is 1. The van der Waals surface area contributed by atoms with Gasteiger partial charge in [0.05, 0.1) is 11.5 Å². The molecule has 32 heavy (non-hydrogen) atoms. The predicted octanol–water partition coefficient (Wildman–Crippen LogP) is 4.11. The Morgan fingerprint density at radius 3 is 2.72 bits per heavy atom. The van der Waals surface area contributed by atoms with Crippen molar-refractivity contribution in [3.05, 3.63) is 33.7 Å². The molecular formula is C21H24N4O5S2. The van der Waals surface area contributed by atoms with E-state index in [-0.39, 0.29) is 5.91 Å². The minimum Gasteiger partial charge on any atom is -0.490 e. The molecule has 1 unspecified atom stereocenters. The van der Waals surface area contributed by atoms with Crippen molar-refractivity contribution in [3.8, 4) is 11.5 Å². The van der Waals surface area contributed by atoms with Gasteiger partial charge in [-0.1, -0.05) is 24.3 Å². The van der Waals surface area contributed by atoms with E-state index in [1.165, 1.54) is 30.0 Å². The molecule has 0 saturated carbocycles. The van der Waals surface area contributed by atoms with Crippen molar-refractivity contribution >= 4 is 51.4 Å². The van der Waals surface area contributed by atoms with Crippen molar-refractivity contribution in [3.63, 3.8) is 0 Å². The number of benzene rings is 1. The topological polar surface area (TPSA) is 114 Å². The van der Waals surface area contributed by atoms with Crippen molar-refractivity contribution in [2.24, 2.45) is 4.99 Å². The predicted molar refractivity (Wildman–Crippen MR) is 125 cm³/mol. The Hall–Kier alpha value is -2.92. The van der Waals surface area contributed by atoms with Gasteiger partial charge in [0.2, 0.25) is 5.13 Å². The molecule has 1 fully saturated rings. The molecule has 0 radical (unpaired) electrons. The van der Waals surface area contributed by atoms with Gasteiger partial charge in [0.1, 0.15) is 5.01 Å². The number of aliphatic carboxylic acids is 1. The number of carbonyl (C=O) groups excluding carboxylic acids is 1. The van der Waals surface area contributed by atoms with Crippen LogP contribution in [0.3, 0.4) is 0 Å². The Kier molecular flexibility index (Phi) is 7.86. The third kappa shape index (κ3) is 5.65. The van der Waals surface area contributed by atoms with Crippen LogP contribution in [0.15, 0.2) is 28.1 Å². The van der Waals surface area contributed by atoms with Gasteiger partial charge in [-0.2, -0.15) is 4.99 Å². The normalized spacial score (nSPS) is 17.2. The monoisotopic (exact) mass is 476 g/mol. The zero-order valence-corrected chi connectivity index (χ0v) is 19.8. The molecule has 1 amide bonds. The maximum absolute atomic E-state index is 13.0. The van der Waals surface area contributed by atoms with Gasteiger partial charge in [0.25, 0.3) is 5.91 Å². The van der Waals surface area contributed by atoms with E-state index in [9.17, 15) is 9.59 Å². The average molecular weight is 477 g/mol. The molecule has 1 aromatic carbocycles. The number of carboxylic acid groups (broad SMARTS) is 1. The SMILES string of the molecule is CCCN1C(=O)/C(=C\c2ccc(OC(C)C(=O)O)c(OCC)c2)S/C1=N/c1nnc(C)s1. The number of hydrogen-bond donors (Lipinski definition) is 1. The van der Waals surface area contributed by atoms with E-state index in [1.54, 1.807) is 29.2 Å². The van der Waals surface area contributed by atoms with Gasteiger partial charge < -0.3 is 14.6 Å². The molecule has 1 saturated heterocycles. The van der Waals surface area contributed by atoms with Crippen LogP contribution in [0.4, 0.5) is 5.13 Å². The maximum atomic E-state index is 13.0. The van der Waals surface area contributed by atoms with Crippen LogP contribution in [0.25, 0.3) is 6.08 Å². The summed E-state index contributed by atoms with van der Waals surface area (Å²) in [6, 6.07) is 5.12. The summed E-state index contributed by atoms with van der Waals surface area (Å²) < 4.78 is 11.1. The van der Waals surface area contributed by atoms with Crippen LogP contribution in [-0.4, -0.2) is 56.5 Å². The van der Waals surface area contributed by atoms with E-state index in [4.69, 9.17) is 14.6 Å². The number of amidine groups is 1. The van der Waals surface area contributed by atoms with E-state index >= 15 is 0 Å². The van der Waals surface area contributed by atoms with Gasteiger partial charge in [-0.3, -0.25) is 9.69 Å². The molecular weight excluding hydrogens is 452 g/mol. The van der Waals surface area contributed by atoms with Crippen LogP contribution in [0.2, 0.25) is 0 Å². The van der Waals surface area contributed by atoms with Crippen molar-refractivity contribution < 1.29 is 24.2 Å². The Morgan fingerprint density at radius 2 is 2.09 bits per heavy atom. The van der Waals surface area contributed by atoms with Crippen LogP contribution < -0.4 is 9.47 Å². The van der Waals surface area contributed by atoms with Gasteiger partial charge in [-0.05, 0) is 62.7 Å². The van der Waals surface area contributed by atoms with Crippen molar-refractivity contribution in [1.29, 1.82) is 0 Å². The fourth-order valence-electron chi connectivity index (χ4n) is 2.80. The zero-order chi connectivity index (χ0) is 23.3. The molecule has 11 heteroatoms. The number of rotatable bonds is 9. The molecule has 2 aromatic rings. The summed E-state index contributed by atoms with van der Waals surface area (Å²) in [5, 5.41) is 19.0. The van der Waals surface area contributed by atoms with Gasteiger partial charge >= 0.3 is 5.97 Å². The first-order chi connectivity index (χ1) is 15.3.